The Morgan fingerprint density at radius 2 is 2.24 bits per heavy atom. The number of hydrogen-bond donors (Lipinski definition) is 3. The molecule has 2 aromatic rings. The summed E-state index contributed by atoms with van der Waals surface area (Å²) < 4.78 is 7.01. The zero-order chi connectivity index (χ0) is 15.1. The molecule has 1 fully saturated rings. The number of H-pyrrole nitrogens is 1. The number of fused-ring (bicyclic) bond motifs is 1. The molecule has 1 saturated heterocycles. The number of aromatic nitrogens is 3. The van der Waals surface area contributed by atoms with Gasteiger partial charge in [-0.15, -0.1) is 0 Å². The van der Waals surface area contributed by atoms with Crippen LogP contribution < -0.4 is 11.1 Å². The normalized spacial score (nSPS) is 25.6. The molecule has 0 radical (unpaired) electrons. The summed E-state index contributed by atoms with van der Waals surface area (Å²) >= 11 is 0. The summed E-state index contributed by atoms with van der Waals surface area (Å²) in [6.45, 7) is 1.32. The lowest BCUT2D eigenvalue weighted by Gasteiger charge is -2.12. The maximum absolute atomic E-state index is 12.1. The molecule has 21 heavy (non-hydrogen) atoms. The van der Waals surface area contributed by atoms with Crippen molar-refractivity contribution in [3.8, 4) is 0 Å². The molecule has 0 saturated carbocycles. The van der Waals surface area contributed by atoms with Gasteiger partial charge in [0, 0.05) is 24.4 Å². The van der Waals surface area contributed by atoms with Crippen molar-refractivity contribution >= 4 is 5.78 Å². The molecule has 1 aliphatic rings. The highest BCUT2D eigenvalue weighted by molar-refractivity contribution is 5.30. The van der Waals surface area contributed by atoms with Crippen LogP contribution in [0.2, 0.25) is 0 Å². The average molecular weight is 293 g/mol. The van der Waals surface area contributed by atoms with Gasteiger partial charge in [0.2, 0.25) is 5.78 Å². The first kappa shape index (κ1) is 13.9. The van der Waals surface area contributed by atoms with Crippen LogP contribution in [0.15, 0.2) is 22.0 Å². The summed E-state index contributed by atoms with van der Waals surface area (Å²) in [6, 6.07) is 0. The number of ether oxygens (including phenoxy) is 1. The van der Waals surface area contributed by atoms with E-state index >= 15 is 0 Å². The van der Waals surface area contributed by atoms with Crippen LogP contribution in [0.25, 0.3) is 5.78 Å². The largest absolute Gasteiger partial charge is 0.394 e. The predicted octanol–water partition coefficient (Wildman–Crippen LogP) is -1.13. The van der Waals surface area contributed by atoms with Crippen molar-refractivity contribution < 1.29 is 14.9 Å². The Kier molecular flexibility index (Phi) is 3.36. The molecule has 1 aliphatic heterocycles. The average Bonchev–Trinajstić information content (AvgIpc) is 2.81. The van der Waals surface area contributed by atoms with Gasteiger partial charge in [0.25, 0.3) is 11.1 Å². The van der Waals surface area contributed by atoms with Crippen LogP contribution in [0.5, 0.6) is 0 Å². The fraction of sp³-hybridized carbons (Fsp3) is 0.462. The summed E-state index contributed by atoms with van der Waals surface area (Å²) in [5.41, 5.74) is -0.0544. The third kappa shape index (κ3) is 2.37. The van der Waals surface area contributed by atoms with E-state index in [0.717, 1.165) is 0 Å². The molecule has 3 rings (SSSR count). The standard InChI is InChI=1S/C13H15N3O5/c1-6-3-16-4-7(9-2-8(18)10(5-17)21-9)12(20)15-13(16)14-11(6)19/h3-4,8-10,17-18H,2,5H2,1H3,(H,14,15,19,20)/t8?,9-,10-/m1/s1. The fourth-order valence-electron chi connectivity index (χ4n) is 2.46. The molecule has 8 heteroatoms. The lowest BCUT2D eigenvalue weighted by molar-refractivity contribution is -0.0229. The molecule has 0 spiro atoms. The Morgan fingerprint density at radius 3 is 2.90 bits per heavy atom. The zero-order valence-corrected chi connectivity index (χ0v) is 11.3. The first-order valence-corrected chi connectivity index (χ1v) is 6.57. The number of aryl methyl sites for hydroxylation is 1. The van der Waals surface area contributed by atoms with Gasteiger partial charge in [-0.05, 0) is 6.92 Å². The van der Waals surface area contributed by atoms with Crippen LogP contribution in [0.3, 0.4) is 0 Å². The third-order valence-corrected chi connectivity index (χ3v) is 3.64. The number of nitrogens with one attached hydrogen (secondary N) is 1. The Hall–Kier alpha value is -2.03. The van der Waals surface area contributed by atoms with Crippen LogP contribution >= 0.6 is 0 Å². The van der Waals surface area contributed by atoms with Gasteiger partial charge in [-0.1, -0.05) is 0 Å². The lowest BCUT2D eigenvalue weighted by atomic mass is 10.1. The van der Waals surface area contributed by atoms with E-state index in [1.165, 1.54) is 10.6 Å². The molecule has 0 aliphatic carbocycles. The van der Waals surface area contributed by atoms with Crippen LogP contribution in [0.1, 0.15) is 23.7 Å². The topological polar surface area (TPSA) is 117 Å². The van der Waals surface area contributed by atoms with Crippen LogP contribution in [-0.2, 0) is 4.74 Å². The summed E-state index contributed by atoms with van der Waals surface area (Å²) in [4.78, 5) is 29.9. The highest BCUT2D eigenvalue weighted by Gasteiger charge is 2.35. The van der Waals surface area contributed by atoms with Crippen molar-refractivity contribution in [2.24, 2.45) is 0 Å². The number of hydrogen-bond acceptors (Lipinski definition) is 6. The van der Waals surface area contributed by atoms with E-state index < -0.39 is 29.4 Å². The maximum Gasteiger partial charge on any atom is 0.277 e. The van der Waals surface area contributed by atoms with Crippen molar-refractivity contribution in [3.05, 3.63) is 44.2 Å². The second-order valence-corrected chi connectivity index (χ2v) is 5.15. The van der Waals surface area contributed by atoms with Gasteiger partial charge >= 0.3 is 0 Å². The van der Waals surface area contributed by atoms with Gasteiger partial charge in [0.05, 0.1) is 24.4 Å². The molecule has 3 N–H and O–H groups in total. The Balaban J connectivity index is 2.08. The van der Waals surface area contributed by atoms with Crippen molar-refractivity contribution in [2.75, 3.05) is 6.61 Å². The molecule has 1 unspecified atom stereocenters. The molecule has 0 bridgehead atoms. The molecular weight excluding hydrogens is 278 g/mol. The number of rotatable bonds is 2. The SMILES string of the molecule is Cc1cn2cc([C@H]3CC(O)[C@@H](CO)O3)c(=O)[nH]c2nc1=O. The Morgan fingerprint density at radius 1 is 1.48 bits per heavy atom. The van der Waals surface area contributed by atoms with E-state index in [9.17, 15) is 14.7 Å². The van der Waals surface area contributed by atoms with Gasteiger partial charge < -0.3 is 14.9 Å². The minimum Gasteiger partial charge on any atom is -0.394 e. The minimum absolute atomic E-state index is 0.150. The number of aliphatic hydroxyl groups is 2. The monoisotopic (exact) mass is 293 g/mol. The van der Waals surface area contributed by atoms with Crippen molar-refractivity contribution in [3.63, 3.8) is 0 Å². The van der Waals surface area contributed by atoms with Gasteiger partial charge in [-0.25, -0.2) is 0 Å². The van der Waals surface area contributed by atoms with Crippen molar-refractivity contribution in [1.82, 2.24) is 14.4 Å². The molecule has 0 amide bonds. The van der Waals surface area contributed by atoms with E-state index in [-0.39, 0.29) is 18.8 Å². The zero-order valence-electron chi connectivity index (χ0n) is 11.3. The quantitative estimate of drug-likeness (QED) is 0.645. The second kappa shape index (κ2) is 5.06. The molecular formula is C13H15N3O5. The van der Waals surface area contributed by atoms with Gasteiger partial charge in [0.15, 0.2) is 0 Å². The smallest absolute Gasteiger partial charge is 0.277 e. The highest BCUT2D eigenvalue weighted by Crippen LogP contribution is 2.31. The second-order valence-electron chi connectivity index (χ2n) is 5.15. The third-order valence-electron chi connectivity index (χ3n) is 3.64. The van der Waals surface area contributed by atoms with Crippen LogP contribution in [0.4, 0.5) is 0 Å². The minimum atomic E-state index is -0.816. The Labute approximate surface area is 118 Å². The number of aliphatic hydroxyl groups excluding tert-OH is 2. The Bertz CT molecular complexity index is 796. The summed E-state index contributed by atoms with van der Waals surface area (Å²) in [6.07, 6.45) is 1.21. The molecule has 3 atom stereocenters. The number of nitrogens with zero attached hydrogens (tertiary/aromatic N) is 2. The van der Waals surface area contributed by atoms with Crippen LogP contribution in [0, 0.1) is 6.92 Å². The molecule has 3 heterocycles. The molecule has 0 aromatic carbocycles. The first-order valence-electron chi connectivity index (χ1n) is 6.57. The summed E-state index contributed by atoms with van der Waals surface area (Å²) in [7, 11) is 0. The van der Waals surface area contributed by atoms with E-state index in [1.807, 2.05) is 0 Å². The first-order chi connectivity index (χ1) is 9.99. The lowest BCUT2D eigenvalue weighted by Crippen LogP contribution is -2.24. The van der Waals surface area contributed by atoms with Crippen molar-refractivity contribution in [2.45, 2.75) is 31.7 Å². The molecule has 8 nitrogen and oxygen atoms in total. The van der Waals surface area contributed by atoms with Gasteiger partial charge in [-0.3, -0.25) is 19.0 Å². The predicted molar refractivity (Wildman–Crippen MR) is 72.1 cm³/mol. The van der Waals surface area contributed by atoms with E-state index in [2.05, 4.69) is 9.97 Å². The summed E-state index contributed by atoms with van der Waals surface area (Å²) in [5, 5.41) is 18.8. The molecule has 2 aromatic heterocycles. The highest BCUT2D eigenvalue weighted by atomic mass is 16.5. The van der Waals surface area contributed by atoms with Crippen molar-refractivity contribution in [1.29, 1.82) is 0 Å². The maximum atomic E-state index is 12.1. The molecule has 112 valence electrons. The van der Waals surface area contributed by atoms with E-state index in [0.29, 0.717) is 11.1 Å². The van der Waals surface area contributed by atoms with Gasteiger partial charge in [-0.2, -0.15) is 4.98 Å². The number of aromatic amines is 1. The van der Waals surface area contributed by atoms with Gasteiger partial charge in [0.1, 0.15) is 6.10 Å². The fourth-order valence-corrected chi connectivity index (χ4v) is 2.46. The van der Waals surface area contributed by atoms with E-state index in [1.54, 1.807) is 13.1 Å². The van der Waals surface area contributed by atoms with E-state index in [4.69, 9.17) is 9.84 Å². The summed E-state index contributed by atoms with van der Waals surface area (Å²) in [5.74, 6) is 0.150. The van der Waals surface area contributed by atoms with Crippen LogP contribution in [-0.4, -0.2) is 43.4 Å².